The van der Waals surface area contributed by atoms with Crippen LogP contribution in [0.2, 0.25) is 0 Å². The first kappa shape index (κ1) is 14.9. The van der Waals surface area contributed by atoms with E-state index >= 15 is 0 Å². The van der Waals surface area contributed by atoms with Gasteiger partial charge >= 0.3 is 0 Å². The molecule has 0 spiro atoms. The predicted octanol–water partition coefficient (Wildman–Crippen LogP) is 3.82. The number of nitrogens with zero attached hydrogens (tertiary/aromatic N) is 1. The highest BCUT2D eigenvalue weighted by molar-refractivity contribution is 5.85. The van der Waals surface area contributed by atoms with E-state index in [4.69, 9.17) is 0 Å². The molecule has 116 valence electrons. The number of rotatable bonds is 3. The van der Waals surface area contributed by atoms with Gasteiger partial charge in [-0.1, -0.05) is 19.9 Å². The lowest BCUT2D eigenvalue weighted by Gasteiger charge is -2.46. The van der Waals surface area contributed by atoms with Gasteiger partial charge in [0.25, 0.3) is 0 Å². The molecule has 1 aromatic rings. The molecule has 2 aliphatic rings. The Morgan fingerprint density at radius 3 is 2.64 bits per heavy atom. The smallest absolute Gasteiger partial charge is 0.149 e. The van der Waals surface area contributed by atoms with Crippen LogP contribution >= 0.6 is 0 Å². The van der Waals surface area contributed by atoms with Crippen molar-refractivity contribution in [3.05, 3.63) is 52.6 Å². The maximum atomic E-state index is 14.5. The molecule has 0 fully saturated rings. The summed E-state index contributed by atoms with van der Waals surface area (Å²) in [7, 11) is 0. The van der Waals surface area contributed by atoms with Gasteiger partial charge in [0.2, 0.25) is 0 Å². The molecule has 22 heavy (non-hydrogen) atoms. The molecule has 0 radical (unpaired) electrons. The second kappa shape index (κ2) is 5.34. The first-order chi connectivity index (χ1) is 10.5. The highest BCUT2D eigenvalue weighted by atomic mass is 19.1. The Hall–Kier alpha value is -1.97. The Bertz CT molecular complexity index is 687. The van der Waals surface area contributed by atoms with Crippen LogP contribution in [0.15, 0.2) is 29.9 Å². The van der Waals surface area contributed by atoms with E-state index < -0.39 is 11.6 Å². The third-order valence-electron chi connectivity index (χ3n) is 5.06. The van der Waals surface area contributed by atoms with Crippen LogP contribution in [-0.4, -0.2) is 24.3 Å². The van der Waals surface area contributed by atoms with Gasteiger partial charge in [0.1, 0.15) is 17.9 Å². The van der Waals surface area contributed by atoms with Gasteiger partial charge in [-0.15, -0.1) is 0 Å². The van der Waals surface area contributed by atoms with Crippen molar-refractivity contribution in [2.45, 2.75) is 32.1 Å². The minimum absolute atomic E-state index is 0.262. The number of aldehydes is 1. The molecule has 0 unspecified atom stereocenters. The van der Waals surface area contributed by atoms with E-state index in [2.05, 4.69) is 18.7 Å². The van der Waals surface area contributed by atoms with E-state index in [9.17, 15) is 13.6 Å². The second-order valence-electron chi connectivity index (χ2n) is 6.03. The Kier molecular flexibility index (Phi) is 3.63. The Labute approximate surface area is 129 Å². The second-order valence-corrected chi connectivity index (χ2v) is 6.03. The fourth-order valence-electron chi connectivity index (χ4n) is 3.64. The lowest BCUT2D eigenvalue weighted by atomic mass is 9.70. The minimum atomic E-state index is -0.552. The molecule has 0 saturated heterocycles. The van der Waals surface area contributed by atoms with Gasteiger partial charge in [0.05, 0.1) is 0 Å². The molecule has 0 aromatic heterocycles. The van der Waals surface area contributed by atoms with Gasteiger partial charge in [-0.3, -0.25) is 4.79 Å². The van der Waals surface area contributed by atoms with E-state index in [1.807, 2.05) is 6.08 Å². The van der Waals surface area contributed by atoms with Gasteiger partial charge < -0.3 is 4.90 Å². The summed E-state index contributed by atoms with van der Waals surface area (Å²) in [5.74, 6) is -1.09. The van der Waals surface area contributed by atoms with Crippen molar-refractivity contribution >= 4 is 12.0 Å². The normalized spacial score (nSPS) is 19.0. The zero-order valence-electron chi connectivity index (χ0n) is 12.8. The van der Waals surface area contributed by atoms with Crippen LogP contribution in [0.25, 0.3) is 5.70 Å². The number of fused-ring (bicyclic) bond motifs is 3. The molecule has 0 bridgehead atoms. The Balaban J connectivity index is 2.28. The van der Waals surface area contributed by atoms with Gasteiger partial charge in [0, 0.05) is 41.4 Å². The molecule has 0 atom stereocenters. The number of carbonyl (C=O) groups is 1. The van der Waals surface area contributed by atoms with E-state index in [0.29, 0.717) is 29.9 Å². The van der Waals surface area contributed by atoms with Crippen molar-refractivity contribution in [2.75, 3.05) is 13.1 Å². The number of allylic oxidation sites excluding steroid dienone is 2. The quantitative estimate of drug-likeness (QED) is 0.791. The highest BCUT2D eigenvalue weighted by Crippen LogP contribution is 2.45. The average Bonchev–Trinajstić information content (AvgIpc) is 2.53. The predicted molar refractivity (Wildman–Crippen MR) is 82.3 cm³/mol. The monoisotopic (exact) mass is 303 g/mol. The summed E-state index contributed by atoms with van der Waals surface area (Å²) in [5.41, 5.74) is 2.15. The standard InChI is InChI=1S/C18H19F2NO/c1-3-18(4-2)11-21-6-5-12(10-22)7-16(21)17-14(18)8-13(19)9-15(17)20/h5,7-10H,3-4,6,11H2,1-2H3. The molecule has 1 aromatic carbocycles. The van der Waals surface area contributed by atoms with E-state index in [1.165, 1.54) is 6.07 Å². The number of halogens is 2. The van der Waals surface area contributed by atoms with Crippen LogP contribution in [-0.2, 0) is 10.2 Å². The van der Waals surface area contributed by atoms with Crippen molar-refractivity contribution in [1.82, 2.24) is 4.90 Å². The maximum absolute atomic E-state index is 14.5. The first-order valence-corrected chi connectivity index (χ1v) is 7.66. The van der Waals surface area contributed by atoms with Crippen LogP contribution in [0, 0.1) is 11.6 Å². The van der Waals surface area contributed by atoms with Crippen LogP contribution in [0.3, 0.4) is 0 Å². The molecule has 0 aliphatic carbocycles. The highest BCUT2D eigenvalue weighted by Gasteiger charge is 2.41. The number of carbonyl (C=O) groups excluding carboxylic acids is 1. The summed E-state index contributed by atoms with van der Waals surface area (Å²) < 4.78 is 28.3. The van der Waals surface area contributed by atoms with Crippen LogP contribution < -0.4 is 0 Å². The molecule has 0 amide bonds. The maximum Gasteiger partial charge on any atom is 0.149 e. The Morgan fingerprint density at radius 2 is 2.00 bits per heavy atom. The van der Waals surface area contributed by atoms with E-state index in [-0.39, 0.29) is 5.41 Å². The summed E-state index contributed by atoms with van der Waals surface area (Å²) in [6, 6.07) is 2.39. The fourth-order valence-corrected chi connectivity index (χ4v) is 3.64. The lowest BCUT2D eigenvalue weighted by Crippen LogP contribution is -2.45. The molecule has 2 heterocycles. The average molecular weight is 303 g/mol. The summed E-state index contributed by atoms with van der Waals surface area (Å²) >= 11 is 0. The van der Waals surface area contributed by atoms with Gasteiger partial charge in [-0.2, -0.15) is 0 Å². The largest absolute Gasteiger partial charge is 0.366 e. The number of hydrogen-bond acceptors (Lipinski definition) is 2. The van der Waals surface area contributed by atoms with Crippen molar-refractivity contribution in [3.8, 4) is 0 Å². The fraction of sp³-hybridized carbons (Fsp3) is 0.389. The summed E-state index contributed by atoms with van der Waals surface area (Å²) in [4.78, 5) is 13.1. The molecule has 2 nitrogen and oxygen atoms in total. The molecule has 2 aliphatic heterocycles. The van der Waals surface area contributed by atoms with Crippen LogP contribution in [0.4, 0.5) is 8.78 Å². The van der Waals surface area contributed by atoms with Crippen molar-refractivity contribution in [2.24, 2.45) is 0 Å². The van der Waals surface area contributed by atoms with E-state index in [1.54, 1.807) is 6.08 Å². The minimum Gasteiger partial charge on any atom is -0.366 e. The molecule has 0 N–H and O–H groups in total. The van der Waals surface area contributed by atoms with Crippen molar-refractivity contribution in [1.29, 1.82) is 0 Å². The van der Waals surface area contributed by atoms with Gasteiger partial charge in [0.15, 0.2) is 0 Å². The molecule has 3 rings (SSSR count). The van der Waals surface area contributed by atoms with Crippen LogP contribution in [0.1, 0.15) is 37.8 Å². The molecule has 4 heteroatoms. The topological polar surface area (TPSA) is 20.3 Å². The van der Waals surface area contributed by atoms with Crippen LogP contribution in [0.5, 0.6) is 0 Å². The number of hydrogen-bond donors (Lipinski definition) is 0. The van der Waals surface area contributed by atoms with Gasteiger partial charge in [-0.05, 0) is 30.5 Å². The van der Waals surface area contributed by atoms with Crippen molar-refractivity contribution in [3.63, 3.8) is 0 Å². The summed E-state index contributed by atoms with van der Waals surface area (Å²) in [6.07, 6.45) is 5.94. The summed E-state index contributed by atoms with van der Waals surface area (Å²) in [5, 5.41) is 0. The number of benzene rings is 1. The zero-order valence-corrected chi connectivity index (χ0v) is 12.8. The third kappa shape index (κ3) is 2.09. The molecular formula is C18H19F2NO. The SMILES string of the molecule is CCC1(CC)CN2CC=C(C=O)C=C2c2c(F)cc(F)cc21. The Morgan fingerprint density at radius 1 is 1.27 bits per heavy atom. The molecular weight excluding hydrogens is 284 g/mol. The van der Waals surface area contributed by atoms with Crippen molar-refractivity contribution < 1.29 is 13.6 Å². The first-order valence-electron chi connectivity index (χ1n) is 7.66. The van der Waals surface area contributed by atoms with Gasteiger partial charge in [-0.25, -0.2) is 8.78 Å². The lowest BCUT2D eigenvalue weighted by molar-refractivity contribution is -0.104. The molecule has 0 saturated carbocycles. The zero-order chi connectivity index (χ0) is 15.9. The summed E-state index contributed by atoms with van der Waals surface area (Å²) in [6.45, 7) is 5.41. The van der Waals surface area contributed by atoms with E-state index in [0.717, 1.165) is 30.8 Å². The third-order valence-corrected chi connectivity index (χ3v) is 5.06.